The predicted octanol–water partition coefficient (Wildman–Crippen LogP) is 5.85. The summed E-state index contributed by atoms with van der Waals surface area (Å²) in [5.74, 6) is 0. The van der Waals surface area contributed by atoms with Gasteiger partial charge >= 0.3 is 6.09 Å². The van der Waals surface area contributed by atoms with Crippen LogP contribution in [0.1, 0.15) is 62.3 Å². The molecule has 0 bridgehead atoms. The van der Waals surface area contributed by atoms with E-state index in [1.54, 1.807) is 11.3 Å². The summed E-state index contributed by atoms with van der Waals surface area (Å²) in [6.45, 7) is 6.42. The summed E-state index contributed by atoms with van der Waals surface area (Å²) >= 11 is 7.60. The zero-order valence-electron chi connectivity index (χ0n) is 15.5. The Morgan fingerprint density at radius 2 is 2.04 bits per heavy atom. The molecule has 2 heterocycles. The fourth-order valence-electron chi connectivity index (χ4n) is 3.11. The van der Waals surface area contributed by atoms with Gasteiger partial charge in [0.2, 0.25) is 0 Å². The lowest BCUT2D eigenvalue weighted by Gasteiger charge is -2.36. The van der Waals surface area contributed by atoms with E-state index >= 15 is 0 Å². The Hall–Kier alpha value is -1.59. The number of nitrogens with zero attached hydrogens (tertiary/aromatic N) is 2. The third-order valence-electron chi connectivity index (χ3n) is 4.31. The number of aromatic nitrogens is 1. The maximum atomic E-state index is 12.6. The first-order chi connectivity index (χ1) is 12.3. The van der Waals surface area contributed by atoms with Gasteiger partial charge in [-0.25, -0.2) is 9.78 Å². The van der Waals surface area contributed by atoms with Crippen LogP contribution in [0, 0.1) is 0 Å². The van der Waals surface area contributed by atoms with Crippen LogP contribution in [0.25, 0.3) is 0 Å². The Labute approximate surface area is 164 Å². The van der Waals surface area contributed by atoms with Gasteiger partial charge in [-0.05, 0) is 57.7 Å². The maximum Gasteiger partial charge on any atom is 0.410 e. The molecule has 1 aliphatic rings. The van der Waals surface area contributed by atoms with Crippen LogP contribution in [-0.2, 0) is 11.2 Å². The lowest BCUT2D eigenvalue weighted by Crippen LogP contribution is -2.42. The Kier molecular flexibility index (Phi) is 5.88. The van der Waals surface area contributed by atoms with Crippen LogP contribution < -0.4 is 0 Å². The molecule has 0 radical (unpaired) electrons. The van der Waals surface area contributed by atoms with Crippen molar-refractivity contribution in [3.05, 3.63) is 50.9 Å². The number of halogens is 1. The molecule has 140 valence electrons. The minimum Gasteiger partial charge on any atom is -0.444 e. The van der Waals surface area contributed by atoms with Gasteiger partial charge in [0.05, 0.1) is 16.7 Å². The normalized spacial score (nSPS) is 18.0. The van der Waals surface area contributed by atoms with Gasteiger partial charge in [-0.2, -0.15) is 0 Å². The quantitative estimate of drug-likeness (QED) is 0.657. The van der Waals surface area contributed by atoms with E-state index in [2.05, 4.69) is 5.38 Å². The van der Waals surface area contributed by atoms with Gasteiger partial charge in [0, 0.05) is 23.4 Å². The van der Waals surface area contributed by atoms with Gasteiger partial charge in [0.25, 0.3) is 0 Å². The van der Waals surface area contributed by atoms with Crippen LogP contribution >= 0.6 is 22.9 Å². The first-order valence-corrected chi connectivity index (χ1v) is 10.3. The lowest BCUT2D eigenvalue weighted by molar-refractivity contribution is 0.00906. The Morgan fingerprint density at radius 1 is 1.31 bits per heavy atom. The molecule has 1 amide bonds. The van der Waals surface area contributed by atoms with Gasteiger partial charge in [-0.3, -0.25) is 4.90 Å². The molecule has 1 aliphatic heterocycles. The van der Waals surface area contributed by atoms with Crippen molar-refractivity contribution in [3.8, 4) is 0 Å². The molecule has 4 nitrogen and oxygen atoms in total. The molecule has 1 aromatic carbocycles. The minimum absolute atomic E-state index is 0.00816. The van der Waals surface area contributed by atoms with Crippen molar-refractivity contribution in [1.82, 2.24) is 9.88 Å². The number of hydrogen-bond donors (Lipinski definition) is 0. The number of ether oxygens (including phenoxy) is 1. The highest BCUT2D eigenvalue weighted by Crippen LogP contribution is 2.33. The van der Waals surface area contributed by atoms with Gasteiger partial charge in [0.1, 0.15) is 5.60 Å². The molecule has 0 spiro atoms. The zero-order chi connectivity index (χ0) is 18.7. The fourth-order valence-corrected chi connectivity index (χ4v) is 4.12. The predicted molar refractivity (Wildman–Crippen MR) is 106 cm³/mol. The first-order valence-electron chi connectivity index (χ1n) is 9.00. The molecular formula is C20H25ClN2O2S. The summed E-state index contributed by atoms with van der Waals surface area (Å²) in [4.78, 5) is 19.3. The summed E-state index contributed by atoms with van der Waals surface area (Å²) in [5, 5.41) is 3.87. The Balaban J connectivity index is 1.73. The number of carbonyl (C=O) groups is 1. The fraction of sp³-hybridized carbons (Fsp3) is 0.500. The highest BCUT2D eigenvalue weighted by Gasteiger charge is 2.32. The van der Waals surface area contributed by atoms with Gasteiger partial charge in [-0.15, -0.1) is 11.3 Å². The summed E-state index contributed by atoms with van der Waals surface area (Å²) in [7, 11) is 0. The first kappa shape index (κ1) is 19.2. The highest BCUT2D eigenvalue weighted by molar-refractivity contribution is 7.09. The van der Waals surface area contributed by atoms with Crippen molar-refractivity contribution >= 4 is 29.0 Å². The van der Waals surface area contributed by atoms with Crippen molar-refractivity contribution in [3.63, 3.8) is 0 Å². The summed E-state index contributed by atoms with van der Waals surface area (Å²) in [5.41, 5.74) is 1.67. The third kappa shape index (κ3) is 4.98. The number of hydrogen-bond acceptors (Lipinski definition) is 4. The second-order valence-electron chi connectivity index (χ2n) is 7.65. The SMILES string of the molecule is CC(C)(C)OC(=O)N1CCCC[C@@H]1c1csc(Cc2ccc(Cl)cc2)n1. The third-order valence-corrected chi connectivity index (χ3v) is 5.43. The average molecular weight is 393 g/mol. The molecule has 2 aromatic rings. The maximum absolute atomic E-state index is 12.6. The van der Waals surface area contributed by atoms with Crippen LogP contribution in [0.2, 0.25) is 5.02 Å². The van der Waals surface area contributed by atoms with E-state index in [1.165, 1.54) is 5.56 Å². The van der Waals surface area contributed by atoms with E-state index in [-0.39, 0.29) is 12.1 Å². The molecule has 1 aromatic heterocycles. The number of amides is 1. The number of rotatable bonds is 3. The molecule has 1 saturated heterocycles. The van der Waals surface area contributed by atoms with E-state index in [1.807, 2.05) is 49.9 Å². The highest BCUT2D eigenvalue weighted by atomic mass is 35.5. The lowest BCUT2D eigenvalue weighted by atomic mass is 10.0. The van der Waals surface area contributed by atoms with Crippen LogP contribution in [0.15, 0.2) is 29.6 Å². The minimum atomic E-state index is -0.485. The van der Waals surface area contributed by atoms with E-state index in [0.717, 1.165) is 48.0 Å². The second-order valence-corrected chi connectivity index (χ2v) is 9.03. The second kappa shape index (κ2) is 7.97. The van der Waals surface area contributed by atoms with Gasteiger partial charge in [-0.1, -0.05) is 23.7 Å². The largest absolute Gasteiger partial charge is 0.444 e. The number of thiazole rings is 1. The molecule has 1 fully saturated rings. The monoisotopic (exact) mass is 392 g/mol. The summed E-state index contributed by atoms with van der Waals surface area (Å²) < 4.78 is 5.59. The van der Waals surface area contributed by atoms with Gasteiger partial charge in [0.15, 0.2) is 0 Å². The average Bonchev–Trinajstić information content (AvgIpc) is 3.04. The standard InChI is InChI=1S/C20H25ClN2O2S/c1-20(2,3)25-19(24)23-11-5-4-6-17(23)16-13-26-18(22-16)12-14-7-9-15(21)10-8-14/h7-10,13,17H,4-6,11-12H2,1-3H3/t17-/m1/s1. The number of benzene rings is 1. The molecule has 0 aliphatic carbocycles. The topological polar surface area (TPSA) is 42.4 Å². The summed E-state index contributed by atoms with van der Waals surface area (Å²) in [6, 6.07) is 7.86. The number of likely N-dealkylation sites (tertiary alicyclic amines) is 1. The number of piperidine rings is 1. The molecule has 1 atom stereocenters. The van der Waals surface area contributed by atoms with E-state index in [9.17, 15) is 4.79 Å². The molecule has 0 N–H and O–H groups in total. The molecule has 6 heteroatoms. The van der Waals surface area contributed by atoms with Crippen molar-refractivity contribution in [2.75, 3.05) is 6.54 Å². The molecule has 3 rings (SSSR count). The molecule has 0 unspecified atom stereocenters. The molecule has 0 saturated carbocycles. The van der Waals surface area contributed by atoms with Crippen molar-refractivity contribution in [1.29, 1.82) is 0 Å². The van der Waals surface area contributed by atoms with Crippen molar-refractivity contribution in [2.24, 2.45) is 0 Å². The molecule has 26 heavy (non-hydrogen) atoms. The Morgan fingerprint density at radius 3 is 2.73 bits per heavy atom. The van der Waals surface area contributed by atoms with Crippen LogP contribution in [-0.4, -0.2) is 28.1 Å². The summed E-state index contributed by atoms with van der Waals surface area (Å²) in [6.07, 6.45) is 3.59. The van der Waals surface area contributed by atoms with Crippen molar-refractivity contribution in [2.45, 2.75) is 58.1 Å². The zero-order valence-corrected chi connectivity index (χ0v) is 17.1. The van der Waals surface area contributed by atoms with Crippen LogP contribution in [0.3, 0.4) is 0 Å². The van der Waals surface area contributed by atoms with Crippen LogP contribution in [0.5, 0.6) is 0 Å². The Bertz CT molecular complexity index is 752. The number of carbonyl (C=O) groups excluding carboxylic acids is 1. The smallest absolute Gasteiger partial charge is 0.410 e. The molecular weight excluding hydrogens is 368 g/mol. The van der Waals surface area contributed by atoms with Crippen LogP contribution in [0.4, 0.5) is 4.79 Å². The van der Waals surface area contributed by atoms with Gasteiger partial charge < -0.3 is 4.74 Å². The van der Waals surface area contributed by atoms with E-state index < -0.39 is 5.60 Å². The van der Waals surface area contributed by atoms with Crippen molar-refractivity contribution < 1.29 is 9.53 Å². The van der Waals surface area contributed by atoms with E-state index in [0.29, 0.717) is 0 Å². The van der Waals surface area contributed by atoms with E-state index in [4.69, 9.17) is 21.3 Å².